The third-order valence-electron chi connectivity index (χ3n) is 5.53. The van der Waals surface area contributed by atoms with Gasteiger partial charge in [0.2, 0.25) is 16.0 Å². The molecule has 0 spiro atoms. The third-order valence-corrected chi connectivity index (χ3v) is 7.46. The van der Waals surface area contributed by atoms with Crippen LogP contribution in [0.1, 0.15) is 32.6 Å². The average Bonchev–Trinajstić information content (AvgIpc) is 3.58. The van der Waals surface area contributed by atoms with Crippen LogP contribution in [0.3, 0.4) is 0 Å². The maximum atomic E-state index is 13.1. The second-order valence-corrected chi connectivity index (χ2v) is 9.55. The van der Waals surface area contributed by atoms with Crippen molar-refractivity contribution in [2.75, 3.05) is 32.5 Å². The van der Waals surface area contributed by atoms with Gasteiger partial charge in [0.05, 0.1) is 4.90 Å². The van der Waals surface area contributed by atoms with E-state index in [4.69, 9.17) is 0 Å². The number of likely N-dealkylation sites (tertiary alicyclic amines) is 1. The summed E-state index contributed by atoms with van der Waals surface area (Å²) in [6, 6.07) is 7.31. The summed E-state index contributed by atoms with van der Waals surface area (Å²) in [7, 11) is -0.206. The van der Waals surface area contributed by atoms with Crippen molar-refractivity contribution < 1.29 is 8.42 Å². The van der Waals surface area contributed by atoms with Gasteiger partial charge in [-0.3, -0.25) is 9.89 Å². The molecule has 1 saturated heterocycles. The van der Waals surface area contributed by atoms with Crippen molar-refractivity contribution in [3.05, 3.63) is 24.3 Å². The zero-order valence-corrected chi connectivity index (χ0v) is 18.2. The Morgan fingerprint density at radius 3 is 2.52 bits per heavy atom. The van der Waals surface area contributed by atoms with Gasteiger partial charge in [-0.05, 0) is 70.1 Å². The second-order valence-electron chi connectivity index (χ2n) is 7.56. The molecule has 0 amide bonds. The highest BCUT2D eigenvalue weighted by atomic mass is 32.2. The van der Waals surface area contributed by atoms with Gasteiger partial charge in [0.15, 0.2) is 0 Å². The first kappa shape index (κ1) is 21.6. The zero-order valence-electron chi connectivity index (χ0n) is 17.4. The highest BCUT2D eigenvalue weighted by molar-refractivity contribution is 7.89. The van der Waals surface area contributed by atoms with Crippen molar-refractivity contribution >= 4 is 34.2 Å². The number of nitrogens with one attached hydrogen (secondary N) is 1. The Labute approximate surface area is 173 Å². The third kappa shape index (κ3) is 5.29. The van der Waals surface area contributed by atoms with E-state index >= 15 is 0 Å². The molecule has 1 aromatic carbocycles. The van der Waals surface area contributed by atoms with Crippen LogP contribution in [0, 0.1) is 0 Å². The van der Waals surface area contributed by atoms with E-state index in [1.54, 1.807) is 49.6 Å². The molecule has 1 heterocycles. The molecule has 1 unspecified atom stereocenters. The number of nitrogens with zero attached hydrogens (tertiary/aromatic N) is 5. The van der Waals surface area contributed by atoms with E-state index in [2.05, 4.69) is 31.9 Å². The number of rotatable bonds is 5. The number of aliphatic imine (C=N–C) groups is 3. The lowest BCUT2D eigenvalue weighted by Gasteiger charge is -2.37. The van der Waals surface area contributed by atoms with Crippen LogP contribution in [0.4, 0.5) is 5.69 Å². The molecule has 9 heteroatoms. The number of benzene rings is 1. The number of likely N-dealkylation sites (N-methyl/N-ethyl adjacent to an activating group) is 1. The van der Waals surface area contributed by atoms with Crippen molar-refractivity contribution in [3.8, 4) is 0 Å². The smallest absolute Gasteiger partial charge is 0.243 e. The van der Waals surface area contributed by atoms with Crippen molar-refractivity contribution in [2.45, 2.75) is 49.6 Å². The Balaban J connectivity index is 1.70. The van der Waals surface area contributed by atoms with E-state index in [0.29, 0.717) is 23.5 Å². The highest BCUT2D eigenvalue weighted by Crippen LogP contribution is 2.31. The number of sulfonamides is 1. The molecule has 1 saturated carbocycles. The van der Waals surface area contributed by atoms with Crippen LogP contribution in [0.2, 0.25) is 0 Å². The second kappa shape index (κ2) is 9.15. The predicted octanol–water partition coefficient (Wildman–Crippen LogP) is 2.45. The summed E-state index contributed by atoms with van der Waals surface area (Å²) >= 11 is 0. The summed E-state index contributed by atoms with van der Waals surface area (Å²) in [6.07, 6.45) is 4.43. The van der Waals surface area contributed by atoms with E-state index in [1.807, 2.05) is 0 Å². The summed E-state index contributed by atoms with van der Waals surface area (Å²) in [6.45, 7) is 7.16. The van der Waals surface area contributed by atoms with Crippen molar-refractivity contribution in [3.63, 3.8) is 0 Å². The molecule has 29 heavy (non-hydrogen) atoms. The predicted molar refractivity (Wildman–Crippen MR) is 119 cm³/mol. The first-order valence-electron chi connectivity index (χ1n) is 9.93. The molecule has 0 radical (unpaired) electrons. The fraction of sp³-hybridized carbons (Fsp3) is 0.550. The summed E-state index contributed by atoms with van der Waals surface area (Å²) in [5.41, 5.74) is 0.680. The van der Waals surface area contributed by atoms with Gasteiger partial charge in [0, 0.05) is 38.4 Å². The van der Waals surface area contributed by atoms with Crippen molar-refractivity contribution in [1.29, 1.82) is 0 Å². The molecule has 3 rings (SSSR count). The van der Waals surface area contributed by atoms with E-state index < -0.39 is 10.0 Å². The fourth-order valence-electron chi connectivity index (χ4n) is 3.56. The Morgan fingerprint density at radius 2 is 1.93 bits per heavy atom. The molecule has 1 N–H and O–H groups in total. The maximum absolute atomic E-state index is 13.1. The van der Waals surface area contributed by atoms with Gasteiger partial charge in [-0.25, -0.2) is 13.4 Å². The van der Waals surface area contributed by atoms with Gasteiger partial charge < -0.3 is 5.32 Å². The van der Waals surface area contributed by atoms with Crippen LogP contribution >= 0.6 is 0 Å². The molecule has 0 aromatic heterocycles. The average molecular weight is 419 g/mol. The monoisotopic (exact) mass is 418 g/mol. The summed E-state index contributed by atoms with van der Waals surface area (Å²) in [5, 5.41) is 3.02. The van der Waals surface area contributed by atoms with Gasteiger partial charge >= 0.3 is 0 Å². The van der Waals surface area contributed by atoms with Crippen LogP contribution < -0.4 is 5.32 Å². The number of hydrogen-bond donors (Lipinski definition) is 1. The van der Waals surface area contributed by atoms with E-state index in [1.165, 1.54) is 12.8 Å². The minimum absolute atomic E-state index is 0.0205. The lowest BCUT2D eigenvalue weighted by molar-refractivity contribution is 0.152. The lowest BCUT2D eigenvalue weighted by Crippen LogP contribution is -2.49. The normalized spacial score (nSPS) is 22.0. The topological polar surface area (TPSA) is 89.7 Å². The van der Waals surface area contributed by atoms with Crippen LogP contribution in [0.25, 0.3) is 0 Å². The molecule has 1 aromatic rings. The summed E-state index contributed by atoms with van der Waals surface area (Å²) < 4.78 is 27.8. The zero-order chi connectivity index (χ0) is 21.0. The summed E-state index contributed by atoms with van der Waals surface area (Å²) in [5.74, 6) is 0.872. The number of amidine groups is 1. The Morgan fingerprint density at radius 1 is 1.24 bits per heavy atom. The standard InChI is InChI=1S/C20H30N6O2S/c1-15(21-2)23-20(22-3)24-16-7-11-19(12-8-16)29(27,28)25(4)18-6-5-13-26(14-18)17-9-10-17/h7-8,11-12,17-18H,3,5-6,9-10,13-14H2,1-2,4H3,(H,21,23,24). The number of anilines is 1. The van der Waals surface area contributed by atoms with Crippen LogP contribution in [-0.2, 0) is 10.0 Å². The fourth-order valence-corrected chi connectivity index (χ4v) is 4.94. The Kier molecular flexibility index (Phi) is 6.81. The van der Waals surface area contributed by atoms with Crippen LogP contribution in [0.15, 0.2) is 44.1 Å². The molecule has 1 aliphatic heterocycles. The largest absolute Gasteiger partial charge is 0.324 e. The minimum atomic E-state index is -3.55. The molecule has 2 aliphatic rings. The number of guanidine groups is 1. The van der Waals surface area contributed by atoms with Crippen molar-refractivity contribution in [1.82, 2.24) is 9.21 Å². The van der Waals surface area contributed by atoms with Gasteiger partial charge in [-0.2, -0.15) is 9.30 Å². The van der Waals surface area contributed by atoms with E-state index in [0.717, 1.165) is 25.9 Å². The van der Waals surface area contributed by atoms with Crippen molar-refractivity contribution in [2.24, 2.45) is 15.0 Å². The first-order chi connectivity index (χ1) is 13.8. The van der Waals surface area contributed by atoms with E-state index in [9.17, 15) is 8.42 Å². The molecular formula is C20H30N6O2S. The molecule has 0 bridgehead atoms. The molecule has 158 valence electrons. The number of hydrogen-bond acceptors (Lipinski definition) is 4. The lowest BCUT2D eigenvalue weighted by atomic mass is 10.1. The first-order valence-corrected chi connectivity index (χ1v) is 11.4. The number of piperidine rings is 1. The molecule has 8 nitrogen and oxygen atoms in total. The quantitative estimate of drug-likeness (QED) is 0.587. The van der Waals surface area contributed by atoms with Crippen LogP contribution in [-0.4, -0.2) is 75.4 Å². The Hall–Kier alpha value is -2.10. The molecule has 2 fully saturated rings. The highest BCUT2D eigenvalue weighted by Gasteiger charge is 2.36. The van der Waals surface area contributed by atoms with Gasteiger partial charge in [0.1, 0.15) is 5.84 Å². The summed E-state index contributed by atoms with van der Waals surface area (Å²) in [4.78, 5) is 14.7. The SMILES string of the molecule is C=NC(=NC(C)=NC)Nc1ccc(S(=O)(=O)N(C)C2CCCN(C3CC3)C2)cc1. The van der Waals surface area contributed by atoms with E-state index in [-0.39, 0.29) is 10.9 Å². The molecular weight excluding hydrogens is 388 g/mol. The van der Waals surface area contributed by atoms with Gasteiger partial charge in [-0.1, -0.05) is 0 Å². The van der Waals surface area contributed by atoms with Crippen LogP contribution in [0.5, 0.6) is 0 Å². The Bertz CT molecular complexity index is 890. The minimum Gasteiger partial charge on any atom is -0.324 e. The molecule has 1 aliphatic carbocycles. The molecule has 1 atom stereocenters. The van der Waals surface area contributed by atoms with Gasteiger partial charge in [0.25, 0.3) is 0 Å². The maximum Gasteiger partial charge on any atom is 0.243 e. The van der Waals surface area contributed by atoms with Gasteiger partial charge in [-0.15, -0.1) is 0 Å².